The van der Waals surface area contributed by atoms with E-state index in [1.165, 1.54) is 51.7 Å². The first-order chi connectivity index (χ1) is 8.40. The van der Waals surface area contributed by atoms with E-state index in [2.05, 4.69) is 10.2 Å². The van der Waals surface area contributed by atoms with Crippen LogP contribution < -0.4 is 5.32 Å². The van der Waals surface area contributed by atoms with E-state index in [-0.39, 0.29) is 0 Å². The molecule has 1 heterocycles. The normalized spacial score (nSPS) is 29.8. The molecule has 0 aromatic rings. The fourth-order valence-electron chi connectivity index (χ4n) is 2.73. The predicted molar refractivity (Wildman–Crippen MR) is 69.1 cm³/mol. The summed E-state index contributed by atoms with van der Waals surface area (Å²) in [6, 6.07) is 0.602. The molecule has 1 atom stereocenters. The van der Waals surface area contributed by atoms with Crippen molar-refractivity contribution in [3.8, 4) is 0 Å². The lowest BCUT2D eigenvalue weighted by atomic mass is 10.2. The van der Waals surface area contributed by atoms with E-state index in [0.717, 1.165) is 31.6 Å². The maximum absolute atomic E-state index is 5.52. The largest absolute Gasteiger partial charge is 0.379 e. The van der Waals surface area contributed by atoms with E-state index in [1.807, 2.05) is 0 Å². The summed E-state index contributed by atoms with van der Waals surface area (Å²) in [5.41, 5.74) is 0. The van der Waals surface area contributed by atoms with Gasteiger partial charge in [0, 0.05) is 25.7 Å². The van der Waals surface area contributed by atoms with Crippen LogP contribution in [0.5, 0.6) is 0 Å². The lowest BCUT2D eigenvalue weighted by molar-refractivity contribution is 0.0694. The van der Waals surface area contributed by atoms with Gasteiger partial charge < -0.3 is 15.0 Å². The third-order valence-corrected chi connectivity index (χ3v) is 4.22. The molecular weight excluding hydrogens is 212 g/mol. The van der Waals surface area contributed by atoms with Gasteiger partial charge in [0.1, 0.15) is 0 Å². The Balaban J connectivity index is 1.38. The first kappa shape index (κ1) is 11.9. The fraction of sp³-hybridized carbons (Fsp3) is 1.00. The van der Waals surface area contributed by atoms with Crippen LogP contribution in [0, 0.1) is 11.8 Å². The zero-order chi connectivity index (χ0) is 11.5. The minimum Gasteiger partial charge on any atom is -0.379 e. The van der Waals surface area contributed by atoms with E-state index < -0.39 is 0 Å². The van der Waals surface area contributed by atoms with Gasteiger partial charge in [0.25, 0.3) is 0 Å². The number of hydrogen-bond acceptors (Lipinski definition) is 3. The molecule has 0 aromatic carbocycles. The number of nitrogens with one attached hydrogen (secondary N) is 1. The molecule has 3 rings (SSSR count). The molecule has 3 fully saturated rings. The quantitative estimate of drug-likeness (QED) is 0.727. The number of nitrogens with zero attached hydrogens (tertiary/aromatic N) is 1. The Hall–Kier alpha value is -0.120. The minimum atomic E-state index is 0.602. The molecule has 0 bridgehead atoms. The topological polar surface area (TPSA) is 24.5 Å². The Morgan fingerprint density at radius 1 is 1.06 bits per heavy atom. The lowest BCUT2D eigenvalue weighted by Crippen LogP contribution is -2.43. The summed E-state index contributed by atoms with van der Waals surface area (Å²) in [5, 5.41) is 3.56. The first-order valence-electron chi connectivity index (χ1n) is 7.43. The highest BCUT2D eigenvalue weighted by Gasteiger charge is 2.29. The van der Waals surface area contributed by atoms with Crippen LogP contribution in [-0.2, 0) is 4.74 Å². The highest BCUT2D eigenvalue weighted by molar-refractivity contribution is 4.83. The van der Waals surface area contributed by atoms with Gasteiger partial charge in [-0.15, -0.1) is 0 Å². The van der Waals surface area contributed by atoms with E-state index in [1.54, 1.807) is 0 Å². The van der Waals surface area contributed by atoms with E-state index in [4.69, 9.17) is 4.74 Å². The van der Waals surface area contributed by atoms with Crippen molar-refractivity contribution in [2.24, 2.45) is 11.8 Å². The second-order valence-electron chi connectivity index (χ2n) is 6.16. The molecule has 3 heteroatoms. The summed E-state index contributed by atoms with van der Waals surface area (Å²) in [6.07, 6.45) is 7.18. The van der Waals surface area contributed by atoms with Crippen LogP contribution in [-0.4, -0.2) is 50.3 Å². The van der Waals surface area contributed by atoms with Crippen LogP contribution in [0.15, 0.2) is 0 Å². The van der Waals surface area contributed by atoms with Crippen LogP contribution >= 0.6 is 0 Å². The van der Waals surface area contributed by atoms with Gasteiger partial charge in [0.2, 0.25) is 0 Å². The summed E-state index contributed by atoms with van der Waals surface area (Å²) < 4.78 is 5.52. The Bertz CT molecular complexity index is 218. The average molecular weight is 238 g/mol. The maximum atomic E-state index is 5.52. The van der Waals surface area contributed by atoms with E-state index in [9.17, 15) is 0 Å². The molecule has 1 N–H and O–H groups in total. The van der Waals surface area contributed by atoms with Crippen molar-refractivity contribution in [1.82, 2.24) is 10.2 Å². The van der Waals surface area contributed by atoms with Gasteiger partial charge in [0.15, 0.2) is 0 Å². The summed E-state index contributed by atoms with van der Waals surface area (Å²) in [5.74, 6) is 2.06. The number of morpholine rings is 1. The molecule has 0 amide bonds. The zero-order valence-electron chi connectivity index (χ0n) is 10.9. The molecule has 2 saturated carbocycles. The van der Waals surface area contributed by atoms with Crippen molar-refractivity contribution >= 4 is 0 Å². The van der Waals surface area contributed by atoms with Crippen molar-refractivity contribution < 1.29 is 4.74 Å². The van der Waals surface area contributed by atoms with Gasteiger partial charge in [-0.2, -0.15) is 0 Å². The third-order valence-electron chi connectivity index (χ3n) is 4.22. The summed E-state index contributed by atoms with van der Waals surface area (Å²) in [4.78, 5) is 2.73. The molecule has 0 radical (unpaired) electrons. The number of hydrogen-bond donors (Lipinski definition) is 1. The van der Waals surface area contributed by atoms with Gasteiger partial charge in [-0.05, 0) is 50.5 Å². The molecule has 1 unspecified atom stereocenters. The zero-order valence-corrected chi connectivity index (χ0v) is 10.9. The molecule has 2 aliphatic carbocycles. The van der Waals surface area contributed by atoms with Crippen molar-refractivity contribution in [3.63, 3.8) is 0 Å². The number of ether oxygens (including phenoxy) is 1. The molecule has 17 heavy (non-hydrogen) atoms. The van der Waals surface area contributed by atoms with Gasteiger partial charge in [-0.3, -0.25) is 0 Å². The van der Waals surface area contributed by atoms with Crippen molar-refractivity contribution in [2.75, 3.05) is 39.4 Å². The molecule has 1 saturated heterocycles. The monoisotopic (exact) mass is 238 g/mol. The Morgan fingerprint density at radius 2 is 1.76 bits per heavy atom. The van der Waals surface area contributed by atoms with Gasteiger partial charge >= 0.3 is 0 Å². The second-order valence-corrected chi connectivity index (χ2v) is 6.16. The molecule has 3 aliphatic rings. The fourth-order valence-corrected chi connectivity index (χ4v) is 2.73. The first-order valence-corrected chi connectivity index (χ1v) is 7.43. The SMILES string of the molecule is C1COCC(CCN(CC2CC2)CC2CC2)N1. The molecule has 3 nitrogen and oxygen atoms in total. The van der Waals surface area contributed by atoms with E-state index in [0.29, 0.717) is 6.04 Å². The van der Waals surface area contributed by atoms with Crippen LogP contribution in [0.3, 0.4) is 0 Å². The van der Waals surface area contributed by atoms with Gasteiger partial charge in [0.05, 0.1) is 13.2 Å². The van der Waals surface area contributed by atoms with Crippen LogP contribution in [0.25, 0.3) is 0 Å². The standard InChI is InChI=1S/C14H26N2O/c1-2-12(1)9-16(10-13-3-4-13)7-5-14-11-17-8-6-15-14/h12-15H,1-11H2. The molecule has 1 aliphatic heterocycles. The minimum absolute atomic E-state index is 0.602. The van der Waals surface area contributed by atoms with Crippen LogP contribution in [0.2, 0.25) is 0 Å². The van der Waals surface area contributed by atoms with Gasteiger partial charge in [-0.1, -0.05) is 0 Å². The summed E-state index contributed by atoms with van der Waals surface area (Å²) in [6.45, 7) is 6.85. The molecule has 0 spiro atoms. The highest BCUT2D eigenvalue weighted by atomic mass is 16.5. The van der Waals surface area contributed by atoms with Crippen LogP contribution in [0.1, 0.15) is 32.1 Å². The Kier molecular flexibility index (Phi) is 3.99. The van der Waals surface area contributed by atoms with Crippen molar-refractivity contribution in [1.29, 1.82) is 0 Å². The van der Waals surface area contributed by atoms with Crippen molar-refractivity contribution in [3.05, 3.63) is 0 Å². The third kappa shape index (κ3) is 4.23. The second kappa shape index (κ2) is 5.68. The Morgan fingerprint density at radius 3 is 2.29 bits per heavy atom. The van der Waals surface area contributed by atoms with Gasteiger partial charge in [-0.25, -0.2) is 0 Å². The summed E-state index contributed by atoms with van der Waals surface area (Å²) >= 11 is 0. The molecular formula is C14H26N2O. The maximum Gasteiger partial charge on any atom is 0.0620 e. The average Bonchev–Trinajstić information content (AvgIpc) is 3.23. The summed E-state index contributed by atoms with van der Waals surface area (Å²) in [7, 11) is 0. The smallest absolute Gasteiger partial charge is 0.0620 e. The highest BCUT2D eigenvalue weighted by Crippen LogP contribution is 2.33. The molecule has 98 valence electrons. The van der Waals surface area contributed by atoms with Crippen LogP contribution in [0.4, 0.5) is 0 Å². The number of rotatable bonds is 7. The predicted octanol–water partition coefficient (Wildman–Crippen LogP) is 1.49. The molecule has 0 aromatic heterocycles. The Labute approximate surface area is 105 Å². The van der Waals surface area contributed by atoms with E-state index >= 15 is 0 Å². The van der Waals surface area contributed by atoms with Crippen molar-refractivity contribution in [2.45, 2.75) is 38.1 Å². The lowest BCUT2D eigenvalue weighted by Gasteiger charge is -2.28.